The number of hydrogen-bond acceptors (Lipinski definition) is 1. The second kappa shape index (κ2) is 5.88. The largest absolute Gasteiger partial charge is 0.294 e. The molecule has 0 N–H and O–H groups in total. The zero-order valence-corrected chi connectivity index (χ0v) is 12.0. The molecule has 0 heterocycles. The molecule has 0 saturated heterocycles. The van der Waals surface area contributed by atoms with E-state index in [0.717, 1.165) is 34.6 Å². The summed E-state index contributed by atoms with van der Waals surface area (Å²) in [6, 6.07) is 3.88. The van der Waals surface area contributed by atoms with Crippen molar-refractivity contribution in [3.8, 4) is 0 Å². The fourth-order valence-corrected chi connectivity index (χ4v) is 3.03. The van der Waals surface area contributed by atoms with Crippen molar-refractivity contribution in [3.63, 3.8) is 0 Å². The molecule has 0 radical (unpaired) electrons. The van der Waals surface area contributed by atoms with E-state index in [0.29, 0.717) is 5.78 Å². The minimum Gasteiger partial charge on any atom is -0.294 e. The third-order valence-electron chi connectivity index (χ3n) is 4.00. The number of benzene rings is 1. The maximum atomic E-state index is 12.6. The van der Waals surface area contributed by atoms with E-state index < -0.39 is 0 Å². The Labute approximate surface area is 115 Å². The predicted octanol–water partition coefficient (Wildman–Crippen LogP) is 5.11. The van der Waals surface area contributed by atoms with Gasteiger partial charge in [0, 0.05) is 16.5 Å². The van der Waals surface area contributed by atoms with Gasteiger partial charge in [0.2, 0.25) is 0 Å². The minimum absolute atomic E-state index is 0.228. The van der Waals surface area contributed by atoms with E-state index in [1.807, 2.05) is 26.0 Å². The maximum Gasteiger partial charge on any atom is 0.166 e. The number of rotatable bonds is 2. The smallest absolute Gasteiger partial charge is 0.166 e. The molecule has 2 heteroatoms. The first-order valence-corrected chi connectivity index (χ1v) is 7.28. The van der Waals surface area contributed by atoms with E-state index >= 15 is 0 Å². The third kappa shape index (κ3) is 2.95. The summed E-state index contributed by atoms with van der Waals surface area (Å²) in [4.78, 5) is 12.6. The van der Waals surface area contributed by atoms with Gasteiger partial charge in [-0.05, 0) is 49.9 Å². The van der Waals surface area contributed by atoms with Crippen LogP contribution in [0.1, 0.15) is 60.0 Å². The average Bonchev–Trinajstić information content (AvgIpc) is 2.61. The molecule has 0 unspecified atom stereocenters. The monoisotopic (exact) mass is 264 g/mol. The summed E-state index contributed by atoms with van der Waals surface area (Å²) < 4.78 is 0. The first kappa shape index (κ1) is 13.6. The lowest BCUT2D eigenvalue weighted by molar-refractivity contribution is 0.0907. The molecule has 0 bridgehead atoms. The molecular weight excluding hydrogens is 244 g/mol. The van der Waals surface area contributed by atoms with Gasteiger partial charge in [-0.25, -0.2) is 0 Å². The average molecular weight is 265 g/mol. The van der Waals surface area contributed by atoms with E-state index in [1.165, 1.54) is 25.7 Å². The fraction of sp³-hybridized carbons (Fsp3) is 0.562. The molecule has 1 nitrogen and oxygen atoms in total. The van der Waals surface area contributed by atoms with Crippen molar-refractivity contribution in [2.75, 3.05) is 0 Å². The molecule has 1 fully saturated rings. The zero-order chi connectivity index (χ0) is 13.1. The van der Waals surface area contributed by atoms with Crippen LogP contribution in [0.4, 0.5) is 0 Å². The Kier molecular flexibility index (Phi) is 4.45. The van der Waals surface area contributed by atoms with E-state index in [1.54, 1.807) is 0 Å². The summed E-state index contributed by atoms with van der Waals surface area (Å²) in [5.74, 6) is 0.556. The molecular formula is C16H21ClO. The Morgan fingerprint density at radius 3 is 2.28 bits per heavy atom. The van der Waals surface area contributed by atoms with Crippen molar-refractivity contribution in [2.45, 2.75) is 52.4 Å². The van der Waals surface area contributed by atoms with Crippen LogP contribution in [-0.2, 0) is 0 Å². The second-order valence-electron chi connectivity index (χ2n) is 5.47. The molecule has 18 heavy (non-hydrogen) atoms. The first-order chi connectivity index (χ1) is 8.59. The van der Waals surface area contributed by atoms with Crippen LogP contribution >= 0.6 is 11.6 Å². The molecule has 0 aliphatic heterocycles. The molecule has 2 rings (SSSR count). The van der Waals surface area contributed by atoms with Crippen molar-refractivity contribution in [2.24, 2.45) is 5.92 Å². The summed E-state index contributed by atoms with van der Waals surface area (Å²) >= 11 is 6.09. The molecule has 0 spiro atoms. The molecule has 1 saturated carbocycles. The van der Waals surface area contributed by atoms with Crippen LogP contribution in [0, 0.1) is 19.8 Å². The normalized spacial score (nSPS) is 17.5. The van der Waals surface area contributed by atoms with E-state index in [2.05, 4.69) is 0 Å². The Balaban J connectivity index is 2.24. The van der Waals surface area contributed by atoms with Crippen LogP contribution in [0.5, 0.6) is 0 Å². The molecule has 1 aromatic rings. The molecule has 1 aromatic carbocycles. The van der Waals surface area contributed by atoms with Crippen LogP contribution in [0.25, 0.3) is 0 Å². The van der Waals surface area contributed by atoms with Gasteiger partial charge in [-0.1, -0.05) is 37.3 Å². The number of halogens is 1. The van der Waals surface area contributed by atoms with Crippen LogP contribution in [0.2, 0.25) is 5.02 Å². The lowest BCUT2D eigenvalue weighted by atomic mass is 9.88. The Morgan fingerprint density at radius 2 is 1.67 bits per heavy atom. The highest BCUT2D eigenvalue weighted by Gasteiger charge is 2.23. The van der Waals surface area contributed by atoms with Gasteiger partial charge in [-0.15, -0.1) is 0 Å². The Bertz CT molecular complexity index is 443. The van der Waals surface area contributed by atoms with Gasteiger partial charge >= 0.3 is 0 Å². The minimum atomic E-state index is 0.228. The Hall–Kier alpha value is -0.820. The quantitative estimate of drug-likeness (QED) is 0.536. The van der Waals surface area contributed by atoms with Crippen molar-refractivity contribution in [1.29, 1.82) is 0 Å². The lowest BCUT2D eigenvalue weighted by Crippen LogP contribution is -2.15. The van der Waals surface area contributed by atoms with Crippen LogP contribution in [0.15, 0.2) is 12.1 Å². The number of Topliss-reactive ketones (excluding diaryl/α,β-unsaturated/α-hetero) is 1. The summed E-state index contributed by atoms with van der Waals surface area (Å²) in [6.07, 6.45) is 7.06. The fourth-order valence-electron chi connectivity index (χ4n) is 2.81. The molecule has 0 amide bonds. The molecule has 1 aliphatic rings. The molecule has 0 aromatic heterocycles. The van der Waals surface area contributed by atoms with Crippen molar-refractivity contribution in [3.05, 3.63) is 33.8 Å². The highest BCUT2D eigenvalue weighted by Crippen LogP contribution is 2.29. The SMILES string of the molecule is Cc1cc(C(=O)C2CCCCCC2)c(C)cc1Cl. The number of ketones is 1. The predicted molar refractivity (Wildman–Crippen MR) is 76.4 cm³/mol. The first-order valence-electron chi connectivity index (χ1n) is 6.90. The van der Waals surface area contributed by atoms with Crippen LogP contribution < -0.4 is 0 Å². The number of carbonyl (C=O) groups excluding carboxylic acids is 1. The molecule has 1 aliphatic carbocycles. The van der Waals surface area contributed by atoms with E-state index in [9.17, 15) is 4.79 Å². The Morgan fingerprint density at radius 1 is 1.06 bits per heavy atom. The summed E-state index contributed by atoms with van der Waals surface area (Å²) in [5.41, 5.74) is 2.89. The van der Waals surface area contributed by atoms with Crippen molar-refractivity contribution < 1.29 is 4.79 Å². The van der Waals surface area contributed by atoms with Crippen molar-refractivity contribution in [1.82, 2.24) is 0 Å². The van der Waals surface area contributed by atoms with Gasteiger partial charge in [0.05, 0.1) is 0 Å². The second-order valence-corrected chi connectivity index (χ2v) is 5.88. The van der Waals surface area contributed by atoms with Gasteiger partial charge in [0.15, 0.2) is 5.78 Å². The standard InChI is InChI=1S/C16H21ClO/c1-11-10-15(17)12(2)9-14(11)16(18)13-7-5-3-4-6-8-13/h9-10,13H,3-8H2,1-2H3. The van der Waals surface area contributed by atoms with Gasteiger partial charge in [-0.3, -0.25) is 4.79 Å². The number of aryl methyl sites for hydroxylation is 2. The topological polar surface area (TPSA) is 17.1 Å². The van der Waals surface area contributed by atoms with Crippen LogP contribution in [0.3, 0.4) is 0 Å². The highest BCUT2D eigenvalue weighted by atomic mass is 35.5. The highest BCUT2D eigenvalue weighted by molar-refractivity contribution is 6.31. The van der Waals surface area contributed by atoms with Crippen molar-refractivity contribution >= 4 is 17.4 Å². The van der Waals surface area contributed by atoms with Crippen LogP contribution in [-0.4, -0.2) is 5.78 Å². The summed E-state index contributed by atoms with van der Waals surface area (Å²) in [7, 11) is 0. The molecule has 0 atom stereocenters. The van der Waals surface area contributed by atoms with Gasteiger partial charge in [-0.2, -0.15) is 0 Å². The molecule has 98 valence electrons. The lowest BCUT2D eigenvalue weighted by Gasteiger charge is -2.15. The third-order valence-corrected chi connectivity index (χ3v) is 4.40. The zero-order valence-electron chi connectivity index (χ0n) is 11.3. The van der Waals surface area contributed by atoms with Gasteiger partial charge < -0.3 is 0 Å². The van der Waals surface area contributed by atoms with E-state index in [4.69, 9.17) is 11.6 Å². The summed E-state index contributed by atoms with van der Waals surface area (Å²) in [6.45, 7) is 3.95. The maximum absolute atomic E-state index is 12.6. The van der Waals surface area contributed by atoms with E-state index in [-0.39, 0.29) is 5.92 Å². The number of hydrogen-bond donors (Lipinski definition) is 0. The van der Waals surface area contributed by atoms with Gasteiger partial charge in [0.1, 0.15) is 0 Å². The summed E-state index contributed by atoms with van der Waals surface area (Å²) in [5, 5.41) is 0.755. The number of carbonyl (C=O) groups is 1. The van der Waals surface area contributed by atoms with Gasteiger partial charge in [0.25, 0.3) is 0 Å².